The number of carbonyl (C=O) groups excluding carboxylic acids is 1. The largest absolute Gasteiger partial charge is 0.481 e. The summed E-state index contributed by atoms with van der Waals surface area (Å²) in [6, 6.07) is 0.379. The van der Waals surface area contributed by atoms with Gasteiger partial charge in [-0.15, -0.1) is 0 Å². The number of aliphatic carboxylic acids is 1. The molecule has 1 aliphatic rings. The number of carboxylic acids is 1. The third kappa shape index (κ3) is 6.80. The number of nitrogens with one attached hydrogen (secondary N) is 2. The first kappa shape index (κ1) is 17.8. The van der Waals surface area contributed by atoms with Gasteiger partial charge in [0, 0.05) is 18.6 Å². The van der Waals surface area contributed by atoms with E-state index in [0.717, 1.165) is 25.8 Å². The molecule has 0 radical (unpaired) electrons. The summed E-state index contributed by atoms with van der Waals surface area (Å²) in [5, 5.41) is 14.6. The number of carboxylic acid groups (broad SMARTS) is 1. The summed E-state index contributed by atoms with van der Waals surface area (Å²) < 4.78 is 0. The van der Waals surface area contributed by atoms with Gasteiger partial charge in [-0.1, -0.05) is 13.3 Å². The molecule has 6 heteroatoms. The highest BCUT2D eigenvalue weighted by molar-refractivity contribution is 5.74. The fraction of sp³-hybridized carbons (Fsp3) is 0.867. The average Bonchev–Trinajstić information content (AvgIpc) is 2.81. The molecule has 2 amide bonds. The Morgan fingerprint density at radius 3 is 2.62 bits per heavy atom. The Morgan fingerprint density at radius 2 is 2.05 bits per heavy atom. The van der Waals surface area contributed by atoms with E-state index in [0.29, 0.717) is 19.0 Å². The topological polar surface area (TPSA) is 81.7 Å². The van der Waals surface area contributed by atoms with Gasteiger partial charge in [0.25, 0.3) is 0 Å². The van der Waals surface area contributed by atoms with Crippen molar-refractivity contribution < 1.29 is 14.7 Å². The molecule has 0 aromatic heterocycles. The molecule has 21 heavy (non-hydrogen) atoms. The van der Waals surface area contributed by atoms with Crippen molar-refractivity contribution in [2.45, 2.75) is 58.0 Å². The van der Waals surface area contributed by atoms with Gasteiger partial charge in [-0.05, 0) is 46.2 Å². The van der Waals surface area contributed by atoms with Gasteiger partial charge < -0.3 is 20.6 Å². The molecule has 3 atom stereocenters. The minimum Gasteiger partial charge on any atom is -0.481 e. The van der Waals surface area contributed by atoms with Crippen molar-refractivity contribution in [3.8, 4) is 0 Å². The van der Waals surface area contributed by atoms with Gasteiger partial charge >= 0.3 is 12.0 Å². The molecule has 0 aliphatic carbocycles. The van der Waals surface area contributed by atoms with E-state index < -0.39 is 5.97 Å². The Kier molecular flexibility index (Phi) is 7.50. The van der Waals surface area contributed by atoms with Crippen LogP contribution in [-0.4, -0.2) is 54.2 Å². The highest BCUT2D eigenvalue weighted by Gasteiger charge is 2.21. The van der Waals surface area contributed by atoms with Crippen LogP contribution in [0, 0.1) is 5.92 Å². The quantitative estimate of drug-likeness (QED) is 0.636. The Hall–Kier alpha value is -1.30. The predicted molar refractivity (Wildman–Crippen MR) is 82.3 cm³/mol. The Labute approximate surface area is 127 Å². The lowest BCUT2D eigenvalue weighted by atomic mass is 10.0. The van der Waals surface area contributed by atoms with E-state index in [2.05, 4.69) is 22.6 Å². The van der Waals surface area contributed by atoms with Crippen LogP contribution < -0.4 is 10.6 Å². The van der Waals surface area contributed by atoms with Crippen molar-refractivity contribution in [3.05, 3.63) is 0 Å². The van der Waals surface area contributed by atoms with Gasteiger partial charge in [0.1, 0.15) is 0 Å². The molecule has 0 aromatic rings. The van der Waals surface area contributed by atoms with Crippen molar-refractivity contribution in [1.29, 1.82) is 0 Å². The first-order chi connectivity index (χ1) is 9.90. The summed E-state index contributed by atoms with van der Waals surface area (Å²) in [5.74, 6) is -1.07. The molecule has 1 aliphatic heterocycles. The Morgan fingerprint density at radius 1 is 1.33 bits per heavy atom. The number of likely N-dealkylation sites (N-methyl/N-ethyl adjacent to an activating group) is 1. The number of hydrogen-bond acceptors (Lipinski definition) is 3. The second-order valence-electron chi connectivity index (χ2n) is 6.20. The third-order valence-corrected chi connectivity index (χ3v) is 4.24. The summed E-state index contributed by atoms with van der Waals surface area (Å²) in [6.45, 7) is 5.45. The van der Waals surface area contributed by atoms with Crippen LogP contribution >= 0.6 is 0 Å². The Balaban J connectivity index is 2.11. The molecule has 1 saturated heterocycles. The molecular formula is C15H29N3O3. The number of rotatable bonds is 8. The van der Waals surface area contributed by atoms with Gasteiger partial charge in [0.15, 0.2) is 0 Å². The zero-order valence-electron chi connectivity index (χ0n) is 13.4. The first-order valence-corrected chi connectivity index (χ1v) is 7.87. The highest BCUT2D eigenvalue weighted by Crippen LogP contribution is 2.13. The van der Waals surface area contributed by atoms with E-state index in [1.54, 1.807) is 6.92 Å². The minimum absolute atomic E-state index is 0.0623. The van der Waals surface area contributed by atoms with Crippen LogP contribution in [0.5, 0.6) is 0 Å². The fourth-order valence-electron chi connectivity index (χ4n) is 2.65. The van der Waals surface area contributed by atoms with E-state index in [-0.39, 0.29) is 18.0 Å². The van der Waals surface area contributed by atoms with E-state index >= 15 is 0 Å². The molecule has 0 spiro atoms. The van der Waals surface area contributed by atoms with Crippen molar-refractivity contribution in [2.75, 3.05) is 20.1 Å². The molecule has 1 heterocycles. The summed E-state index contributed by atoms with van der Waals surface area (Å²) >= 11 is 0. The second kappa shape index (κ2) is 8.87. The van der Waals surface area contributed by atoms with Crippen molar-refractivity contribution in [3.63, 3.8) is 0 Å². The van der Waals surface area contributed by atoms with E-state index in [1.165, 1.54) is 6.42 Å². The maximum absolute atomic E-state index is 11.8. The molecule has 1 rings (SSSR count). The molecule has 0 aromatic carbocycles. The number of urea groups is 1. The average molecular weight is 299 g/mol. The Bertz CT molecular complexity index is 349. The van der Waals surface area contributed by atoms with Gasteiger partial charge in [0.05, 0.1) is 5.92 Å². The molecule has 6 nitrogen and oxygen atoms in total. The summed E-state index contributed by atoms with van der Waals surface area (Å²) in [5.41, 5.74) is 0. The molecule has 0 bridgehead atoms. The predicted octanol–water partition coefficient (Wildman–Crippen LogP) is 1.66. The molecule has 3 N–H and O–H groups in total. The second-order valence-corrected chi connectivity index (χ2v) is 6.20. The number of hydrogen-bond donors (Lipinski definition) is 3. The smallest absolute Gasteiger partial charge is 0.315 e. The van der Waals surface area contributed by atoms with Crippen molar-refractivity contribution >= 4 is 12.0 Å². The monoisotopic (exact) mass is 299 g/mol. The summed E-state index contributed by atoms with van der Waals surface area (Å²) in [7, 11) is 2.09. The lowest BCUT2D eigenvalue weighted by molar-refractivity contribution is -0.141. The van der Waals surface area contributed by atoms with Crippen LogP contribution in [0.15, 0.2) is 0 Å². The lowest BCUT2D eigenvalue weighted by Crippen LogP contribution is -2.45. The summed E-state index contributed by atoms with van der Waals surface area (Å²) in [6.07, 6.45) is 4.59. The van der Waals surface area contributed by atoms with Crippen LogP contribution in [0.25, 0.3) is 0 Å². The highest BCUT2D eigenvalue weighted by atomic mass is 16.4. The maximum Gasteiger partial charge on any atom is 0.315 e. The number of amides is 2. The normalized spacial score (nSPS) is 21.8. The molecule has 1 fully saturated rings. The van der Waals surface area contributed by atoms with Gasteiger partial charge in [-0.2, -0.15) is 0 Å². The van der Waals surface area contributed by atoms with E-state index in [4.69, 9.17) is 5.11 Å². The molecular weight excluding hydrogens is 270 g/mol. The molecule has 0 saturated carbocycles. The van der Waals surface area contributed by atoms with Crippen LogP contribution in [-0.2, 0) is 4.79 Å². The lowest BCUT2D eigenvalue weighted by Gasteiger charge is -2.21. The standard InChI is InChI=1S/C15H29N3O3/c1-11(14(19)20)6-4-7-12(2)17-15(21)16-10-13-8-5-9-18(13)3/h11-13H,4-10H2,1-3H3,(H,19,20)(H2,16,17,21). The van der Waals surface area contributed by atoms with Gasteiger partial charge in [-0.25, -0.2) is 4.79 Å². The van der Waals surface area contributed by atoms with Gasteiger partial charge in [0.2, 0.25) is 0 Å². The van der Waals surface area contributed by atoms with E-state index in [9.17, 15) is 9.59 Å². The zero-order valence-corrected chi connectivity index (χ0v) is 13.4. The molecule has 122 valence electrons. The number of nitrogens with zero attached hydrogens (tertiary/aromatic N) is 1. The van der Waals surface area contributed by atoms with Crippen molar-refractivity contribution in [2.24, 2.45) is 5.92 Å². The molecule has 3 unspecified atom stereocenters. The van der Waals surface area contributed by atoms with Gasteiger partial charge in [-0.3, -0.25) is 4.79 Å². The van der Waals surface area contributed by atoms with Crippen molar-refractivity contribution in [1.82, 2.24) is 15.5 Å². The minimum atomic E-state index is -0.756. The van der Waals surface area contributed by atoms with Crippen LogP contribution in [0.3, 0.4) is 0 Å². The van der Waals surface area contributed by atoms with Crippen LogP contribution in [0.1, 0.15) is 46.0 Å². The summed E-state index contributed by atoms with van der Waals surface area (Å²) in [4.78, 5) is 24.8. The number of likely N-dealkylation sites (tertiary alicyclic amines) is 1. The van der Waals surface area contributed by atoms with E-state index in [1.807, 2.05) is 6.92 Å². The van der Waals surface area contributed by atoms with Crippen LogP contribution in [0.4, 0.5) is 4.79 Å². The first-order valence-electron chi connectivity index (χ1n) is 7.87. The maximum atomic E-state index is 11.8. The number of carbonyl (C=O) groups is 2. The zero-order chi connectivity index (χ0) is 15.8. The third-order valence-electron chi connectivity index (χ3n) is 4.24. The van der Waals surface area contributed by atoms with Crippen LogP contribution in [0.2, 0.25) is 0 Å². The fourth-order valence-corrected chi connectivity index (χ4v) is 2.65. The SMILES string of the molecule is CC(CCCC(C)C(=O)O)NC(=O)NCC1CCCN1C.